The maximum absolute atomic E-state index is 14.0. The second-order valence-corrected chi connectivity index (χ2v) is 12.7. The van der Waals surface area contributed by atoms with Crippen molar-refractivity contribution in [1.82, 2.24) is 10.2 Å². The van der Waals surface area contributed by atoms with Gasteiger partial charge >= 0.3 is 0 Å². The van der Waals surface area contributed by atoms with Crippen molar-refractivity contribution in [3.63, 3.8) is 0 Å². The third-order valence-electron chi connectivity index (χ3n) is 6.03. The summed E-state index contributed by atoms with van der Waals surface area (Å²) in [5.41, 5.74) is 1.61. The first-order valence-corrected chi connectivity index (χ1v) is 15.7. The first-order valence-electron chi connectivity index (χ1n) is 12.4. The van der Waals surface area contributed by atoms with E-state index in [1.54, 1.807) is 18.2 Å². The van der Waals surface area contributed by atoms with Gasteiger partial charge in [0, 0.05) is 19.5 Å². The molecule has 0 saturated carbocycles. The van der Waals surface area contributed by atoms with Crippen LogP contribution in [-0.2, 0) is 32.6 Å². The summed E-state index contributed by atoms with van der Waals surface area (Å²) in [5, 5.41) is 3.88. The van der Waals surface area contributed by atoms with E-state index in [2.05, 4.69) is 5.32 Å². The molecule has 1 unspecified atom stereocenters. The van der Waals surface area contributed by atoms with Crippen LogP contribution in [0.1, 0.15) is 24.5 Å². The van der Waals surface area contributed by atoms with E-state index in [0.717, 1.165) is 16.1 Å². The largest absolute Gasteiger partial charge is 0.354 e. The van der Waals surface area contributed by atoms with Gasteiger partial charge < -0.3 is 10.2 Å². The lowest BCUT2D eigenvalue weighted by atomic mass is 10.0. The fraction of sp³-hybridized carbons (Fsp3) is 0.286. The molecule has 0 aliphatic rings. The number of anilines is 1. The molecule has 1 atom stereocenters. The molecule has 0 radical (unpaired) electrons. The van der Waals surface area contributed by atoms with Gasteiger partial charge in [0.2, 0.25) is 21.8 Å². The number of nitrogens with zero attached hydrogens (tertiary/aromatic N) is 2. The average molecular weight is 645 g/mol. The van der Waals surface area contributed by atoms with Gasteiger partial charge in [-0.3, -0.25) is 13.9 Å². The van der Waals surface area contributed by atoms with Gasteiger partial charge in [0.1, 0.15) is 12.6 Å². The van der Waals surface area contributed by atoms with E-state index in [0.29, 0.717) is 23.6 Å². The quantitative estimate of drug-likeness (QED) is 0.253. The monoisotopic (exact) mass is 643 g/mol. The Morgan fingerprint density at radius 2 is 1.48 bits per heavy atom. The zero-order valence-corrected chi connectivity index (χ0v) is 25.8. The molecule has 0 fully saturated rings. The summed E-state index contributed by atoms with van der Waals surface area (Å²) in [5.74, 6) is -0.963. The van der Waals surface area contributed by atoms with Crippen molar-refractivity contribution >= 4 is 73.9 Å². The van der Waals surface area contributed by atoms with Crippen LogP contribution < -0.4 is 9.62 Å². The molecule has 0 heterocycles. The normalized spacial score (nSPS) is 12.1. The lowest BCUT2D eigenvalue weighted by Crippen LogP contribution is -2.53. The molecule has 0 bridgehead atoms. The van der Waals surface area contributed by atoms with Crippen molar-refractivity contribution in [2.75, 3.05) is 23.7 Å². The van der Waals surface area contributed by atoms with Crippen LogP contribution in [0.4, 0.5) is 5.69 Å². The van der Waals surface area contributed by atoms with E-state index in [9.17, 15) is 18.0 Å². The highest BCUT2D eigenvalue weighted by Crippen LogP contribution is 2.29. The number of amides is 2. The highest BCUT2D eigenvalue weighted by molar-refractivity contribution is 7.92. The van der Waals surface area contributed by atoms with Crippen LogP contribution in [0, 0.1) is 0 Å². The molecule has 40 heavy (non-hydrogen) atoms. The third-order valence-corrected chi connectivity index (χ3v) is 8.65. The van der Waals surface area contributed by atoms with Gasteiger partial charge in [0.25, 0.3) is 0 Å². The fourth-order valence-corrected chi connectivity index (χ4v) is 5.46. The van der Waals surface area contributed by atoms with Crippen LogP contribution in [0.2, 0.25) is 20.1 Å². The van der Waals surface area contributed by atoms with Gasteiger partial charge in [-0.2, -0.15) is 0 Å². The van der Waals surface area contributed by atoms with Crippen LogP contribution in [0.3, 0.4) is 0 Å². The van der Waals surface area contributed by atoms with Crippen molar-refractivity contribution in [2.24, 2.45) is 0 Å². The average Bonchev–Trinajstić information content (AvgIpc) is 2.91. The number of hydrogen-bond donors (Lipinski definition) is 1. The van der Waals surface area contributed by atoms with Crippen molar-refractivity contribution in [3.8, 4) is 0 Å². The molecular weight excluding hydrogens is 616 g/mol. The van der Waals surface area contributed by atoms with E-state index < -0.39 is 28.5 Å². The first kappa shape index (κ1) is 32.0. The maximum Gasteiger partial charge on any atom is 0.244 e. The van der Waals surface area contributed by atoms with Gasteiger partial charge in [0.05, 0.1) is 32.0 Å². The first-order chi connectivity index (χ1) is 18.9. The van der Waals surface area contributed by atoms with E-state index in [4.69, 9.17) is 46.4 Å². The molecule has 0 saturated heterocycles. The van der Waals surface area contributed by atoms with E-state index in [1.807, 2.05) is 37.3 Å². The standard InChI is InChI=1S/C28H29Cl4N3O4S/c1-3-13-33-28(37)26(15-19-7-5-4-6-8-19)34(17-20-9-11-22(29)24(31)14-20)27(36)18-35(40(2,38)39)21-10-12-23(30)25(32)16-21/h4-12,14,16,26H,3,13,15,17-18H2,1-2H3,(H,33,37). The molecule has 3 rings (SSSR count). The molecule has 2 amide bonds. The Labute approximate surface area is 255 Å². The van der Waals surface area contributed by atoms with Crippen LogP contribution >= 0.6 is 46.4 Å². The van der Waals surface area contributed by atoms with Crippen molar-refractivity contribution < 1.29 is 18.0 Å². The summed E-state index contributed by atoms with van der Waals surface area (Å²) in [6, 6.07) is 17.5. The molecule has 0 aromatic heterocycles. The summed E-state index contributed by atoms with van der Waals surface area (Å²) in [6.07, 6.45) is 1.89. The Morgan fingerprint density at radius 1 is 0.850 bits per heavy atom. The highest BCUT2D eigenvalue weighted by Gasteiger charge is 2.33. The minimum absolute atomic E-state index is 0.0221. The van der Waals surface area contributed by atoms with Crippen molar-refractivity contribution in [1.29, 1.82) is 0 Å². The second-order valence-electron chi connectivity index (χ2n) is 9.13. The van der Waals surface area contributed by atoms with Crippen LogP contribution in [0.25, 0.3) is 0 Å². The SMILES string of the molecule is CCCNC(=O)C(Cc1ccccc1)N(Cc1ccc(Cl)c(Cl)c1)C(=O)CN(c1ccc(Cl)c(Cl)c1)S(C)(=O)=O. The predicted molar refractivity (Wildman–Crippen MR) is 163 cm³/mol. The molecule has 12 heteroatoms. The van der Waals surface area contributed by atoms with E-state index >= 15 is 0 Å². The lowest BCUT2D eigenvalue weighted by molar-refractivity contribution is -0.140. The van der Waals surface area contributed by atoms with Gasteiger partial charge in [-0.15, -0.1) is 0 Å². The zero-order chi connectivity index (χ0) is 29.4. The number of carbonyl (C=O) groups excluding carboxylic acids is 2. The number of halogens is 4. The van der Waals surface area contributed by atoms with E-state index in [1.165, 1.54) is 23.1 Å². The maximum atomic E-state index is 14.0. The Hall–Kier alpha value is -2.49. The molecular formula is C28H29Cl4N3O4S. The Morgan fingerprint density at radius 3 is 2.05 bits per heavy atom. The van der Waals surface area contributed by atoms with Crippen molar-refractivity contribution in [3.05, 3.63) is 97.9 Å². The number of rotatable bonds is 12. The number of hydrogen-bond acceptors (Lipinski definition) is 4. The number of nitrogens with one attached hydrogen (secondary N) is 1. The summed E-state index contributed by atoms with van der Waals surface area (Å²) < 4.78 is 26.6. The third kappa shape index (κ3) is 8.75. The van der Waals surface area contributed by atoms with Gasteiger partial charge in [-0.25, -0.2) is 8.42 Å². The molecule has 1 N–H and O–H groups in total. The smallest absolute Gasteiger partial charge is 0.244 e. The summed E-state index contributed by atoms with van der Waals surface area (Å²) in [6.45, 7) is 1.74. The van der Waals surface area contributed by atoms with Crippen LogP contribution in [0.15, 0.2) is 66.7 Å². The van der Waals surface area contributed by atoms with Crippen LogP contribution in [0.5, 0.6) is 0 Å². The Bertz CT molecular complexity index is 1460. The summed E-state index contributed by atoms with van der Waals surface area (Å²) in [4.78, 5) is 28.9. The molecule has 0 aliphatic heterocycles. The number of benzene rings is 3. The van der Waals surface area contributed by atoms with Crippen molar-refractivity contribution in [2.45, 2.75) is 32.4 Å². The van der Waals surface area contributed by atoms with Gasteiger partial charge in [0.15, 0.2) is 0 Å². The zero-order valence-electron chi connectivity index (χ0n) is 21.9. The molecule has 214 valence electrons. The molecule has 3 aromatic rings. The van der Waals surface area contributed by atoms with Gasteiger partial charge in [-0.05, 0) is 47.9 Å². The highest BCUT2D eigenvalue weighted by atomic mass is 35.5. The van der Waals surface area contributed by atoms with Gasteiger partial charge in [-0.1, -0.05) is 89.7 Å². The minimum Gasteiger partial charge on any atom is -0.354 e. The topological polar surface area (TPSA) is 86.8 Å². The molecule has 7 nitrogen and oxygen atoms in total. The minimum atomic E-state index is -3.94. The lowest BCUT2D eigenvalue weighted by Gasteiger charge is -2.33. The molecule has 0 spiro atoms. The molecule has 3 aromatic carbocycles. The van der Waals surface area contributed by atoms with Crippen LogP contribution in [-0.4, -0.2) is 50.5 Å². The summed E-state index contributed by atoms with van der Waals surface area (Å²) >= 11 is 24.5. The fourth-order valence-electron chi connectivity index (χ4n) is 4.01. The Kier molecular flexibility index (Phi) is 11.5. The Balaban J connectivity index is 2.07. The van der Waals surface area contributed by atoms with E-state index in [-0.39, 0.29) is 39.6 Å². The number of carbonyl (C=O) groups is 2. The predicted octanol–water partition coefficient (Wildman–Crippen LogP) is 6.23. The number of sulfonamides is 1. The molecule has 0 aliphatic carbocycles. The second kappa shape index (κ2) is 14.4. The summed E-state index contributed by atoms with van der Waals surface area (Å²) in [7, 11) is -3.94.